The quantitative estimate of drug-likeness (QED) is 0.195. The smallest absolute Gasteiger partial charge is 0.0640 e. The molecule has 1 nitrogen and oxygen atoms in total. The van der Waals surface area contributed by atoms with Gasteiger partial charge in [-0.2, -0.15) is 0 Å². The highest BCUT2D eigenvalue weighted by molar-refractivity contribution is 7.26. The summed E-state index contributed by atoms with van der Waals surface area (Å²) in [5.74, 6) is 0. The lowest BCUT2D eigenvalue weighted by molar-refractivity contribution is 0.660. The molecule has 0 spiro atoms. The summed E-state index contributed by atoms with van der Waals surface area (Å²) in [4.78, 5) is 2.37. The molecular weight excluding hydrogens is 515 g/mol. The van der Waals surface area contributed by atoms with E-state index in [2.05, 4.69) is 130 Å². The molecule has 0 unspecified atom stereocenters. The zero-order chi connectivity index (χ0) is 29.6. The first kappa shape index (κ1) is 29.8. The molecule has 0 radical (unpaired) electrons. The van der Waals surface area contributed by atoms with E-state index < -0.39 is 0 Å². The van der Waals surface area contributed by atoms with Gasteiger partial charge in [-0.3, -0.25) is 0 Å². The van der Waals surface area contributed by atoms with Crippen LogP contribution in [0, 0.1) is 0 Å². The molecule has 0 N–H and O–H groups in total. The fourth-order valence-electron chi connectivity index (χ4n) is 5.64. The van der Waals surface area contributed by atoms with Gasteiger partial charge in [-0.25, -0.2) is 0 Å². The van der Waals surface area contributed by atoms with E-state index in [1.54, 1.807) is 6.08 Å². The average molecular weight is 556 g/mol. The molecule has 1 aliphatic rings. The second-order valence-corrected chi connectivity index (χ2v) is 11.2. The van der Waals surface area contributed by atoms with Crippen LogP contribution in [-0.4, -0.2) is 0 Å². The molecule has 1 heterocycles. The zero-order valence-electron chi connectivity index (χ0n) is 25.2. The molecule has 5 aromatic rings. The zero-order valence-corrected chi connectivity index (χ0v) is 26.1. The van der Waals surface area contributed by atoms with E-state index in [4.69, 9.17) is 0 Å². The van der Waals surface area contributed by atoms with Gasteiger partial charge in [0.05, 0.1) is 10.4 Å². The van der Waals surface area contributed by atoms with Crippen molar-refractivity contribution in [3.8, 4) is 11.1 Å². The van der Waals surface area contributed by atoms with Crippen molar-refractivity contribution in [1.29, 1.82) is 0 Å². The molecular formula is C39H41NS. The first-order chi connectivity index (χ1) is 20.0. The SMILES string of the molecule is C=C/C(=C\C)N(c1ccc2c(c1)C(C)(C)c1ccccc1-2)c1cccc2c1sc1ccccc12.C=C/C=C\C.CC. The van der Waals surface area contributed by atoms with Gasteiger partial charge in [0, 0.05) is 32.3 Å². The molecule has 4 aromatic carbocycles. The highest BCUT2D eigenvalue weighted by atomic mass is 32.1. The van der Waals surface area contributed by atoms with Crippen molar-refractivity contribution < 1.29 is 0 Å². The third-order valence-corrected chi connectivity index (χ3v) is 8.75. The normalized spacial score (nSPS) is 13.1. The lowest BCUT2D eigenvalue weighted by Gasteiger charge is -2.29. The van der Waals surface area contributed by atoms with Crippen LogP contribution in [0.2, 0.25) is 0 Å². The molecule has 2 heteroatoms. The molecule has 1 aromatic heterocycles. The summed E-state index contributed by atoms with van der Waals surface area (Å²) >= 11 is 1.86. The summed E-state index contributed by atoms with van der Waals surface area (Å²) in [6, 6.07) is 31.1. The van der Waals surface area contributed by atoms with Crippen LogP contribution in [0.15, 0.2) is 134 Å². The second kappa shape index (κ2) is 13.0. The van der Waals surface area contributed by atoms with Crippen molar-refractivity contribution in [2.45, 2.75) is 47.0 Å². The Balaban J connectivity index is 0.000000502. The van der Waals surface area contributed by atoms with Gasteiger partial charge in [-0.1, -0.05) is 126 Å². The third-order valence-electron chi connectivity index (χ3n) is 7.54. The Morgan fingerprint density at radius 3 is 2.15 bits per heavy atom. The molecule has 0 saturated heterocycles. The summed E-state index contributed by atoms with van der Waals surface area (Å²) in [7, 11) is 0. The predicted octanol–water partition coefficient (Wildman–Crippen LogP) is 12.4. The van der Waals surface area contributed by atoms with Crippen molar-refractivity contribution in [2.75, 3.05) is 4.90 Å². The van der Waals surface area contributed by atoms with Crippen LogP contribution in [0.5, 0.6) is 0 Å². The highest BCUT2D eigenvalue weighted by Crippen LogP contribution is 2.51. The van der Waals surface area contributed by atoms with Gasteiger partial charge in [0.1, 0.15) is 0 Å². The summed E-state index contributed by atoms with van der Waals surface area (Å²) in [5.41, 5.74) is 8.86. The van der Waals surface area contributed by atoms with Gasteiger partial charge in [-0.15, -0.1) is 11.3 Å². The van der Waals surface area contributed by atoms with Crippen molar-refractivity contribution in [3.05, 3.63) is 145 Å². The van der Waals surface area contributed by atoms with Crippen LogP contribution < -0.4 is 4.90 Å². The molecule has 208 valence electrons. The standard InChI is InChI=1S/C32H27NS.C5H8.C2H6/c1-5-21(6-2)33(29-16-11-14-26-25-13-8-10-17-30(25)34-31(26)29)22-18-19-24-23-12-7-9-15-27(23)32(3,4)28(24)20-22;1-3-5-4-2;1-2/h5-20H,1H2,2-4H3;3-5H,1H2,2H3;1-2H3/b21-6+;5-4-;. The monoisotopic (exact) mass is 555 g/mol. The molecule has 41 heavy (non-hydrogen) atoms. The van der Waals surface area contributed by atoms with E-state index in [-0.39, 0.29) is 5.41 Å². The average Bonchev–Trinajstić information content (AvgIpc) is 3.50. The highest BCUT2D eigenvalue weighted by Gasteiger charge is 2.35. The van der Waals surface area contributed by atoms with Crippen molar-refractivity contribution >= 4 is 42.9 Å². The summed E-state index contributed by atoms with van der Waals surface area (Å²) in [5, 5.41) is 2.62. The number of hydrogen-bond donors (Lipinski definition) is 0. The van der Waals surface area contributed by atoms with Crippen LogP contribution in [0.3, 0.4) is 0 Å². The number of thiophene rings is 1. The van der Waals surface area contributed by atoms with Crippen molar-refractivity contribution in [2.24, 2.45) is 0 Å². The molecule has 0 bridgehead atoms. The minimum absolute atomic E-state index is 0.0402. The maximum Gasteiger partial charge on any atom is 0.0640 e. The maximum atomic E-state index is 4.15. The number of fused-ring (bicyclic) bond motifs is 6. The third kappa shape index (κ3) is 5.45. The van der Waals surface area contributed by atoms with Gasteiger partial charge >= 0.3 is 0 Å². The van der Waals surface area contributed by atoms with Crippen molar-refractivity contribution in [1.82, 2.24) is 0 Å². The summed E-state index contributed by atoms with van der Waals surface area (Å²) in [6.45, 7) is 20.3. The Morgan fingerprint density at radius 2 is 1.46 bits per heavy atom. The predicted molar refractivity (Wildman–Crippen MR) is 186 cm³/mol. The van der Waals surface area contributed by atoms with Gasteiger partial charge < -0.3 is 4.90 Å². The van der Waals surface area contributed by atoms with E-state index in [9.17, 15) is 0 Å². The van der Waals surface area contributed by atoms with Crippen LogP contribution in [0.1, 0.15) is 52.7 Å². The largest absolute Gasteiger partial charge is 0.309 e. The van der Waals surface area contributed by atoms with Crippen LogP contribution in [0.4, 0.5) is 11.4 Å². The van der Waals surface area contributed by atoms with Crippen molar-refractivity contribution in [3.63, 3.8) is 0 Å². The Morgan fingerprint density at radius 1 is 0.780 bits per heavy atom. The topological polar surface area (TPSA) is 3.24 Å². The molecule has 6 rings (SSSR count). The lowest BCUT2D eigenvalue weighted by Crippen LogP contribution is -2.18. The van der Waals surface area contributed by atoms with E-state index in [0.717, 1.165) is 11.4 Å². The Hall–Kier alpha value is -4.14. The van der Waals surface area contributed by atoms with E-state index in [0.29, 0.717) is 0 Å². The maximum absolute atomic E-state index is 4.15. The number of allylic oxidation sites excluding steroid dienone is 5. The summed E-state index contributed by atoms with van der Waals surface area (Å²) in [6.07, 6.45) is 9.68. The number of nitrogens with zero attached hydrogens (tertiary/aromatic N) is 1. The number of rotatable bonds is 5. The Labute approximate surface area is 250 Å². The summed E-state index contributed by atoms with van der Waals surface area (Å²) < 4.78 is 2.61. The number of benzene rings is 4. The molecule has 0 saturated carbocycles. The van der Waals surface area contributed by atoms with Gasteiger partial charge in [0.15, 0.2) is 0 Å². The van der Waals surface area contributed by atoms with E-state index in [1.165, 1.54) is 48.1 Å². The van der Waals surface area contributed by atoms with E-state index in [1.807, 2.05) is 50.3 Å². The lowest BCUT2D eigenvalue weighted by atomic mass is 9.82. The first-order valence-corrected chi connectivity index (χ1v) is 15.2. The van der Waals surface area contributed by atoms with Crippen LogP contribution >= 0.6 is 11.3 Å². The minimum atomic E-state index is -0.0402. The molecule has 0 fully saturated rings. The number of hydrogen-bond acceptors (Lipinski definition) is 2. The molecule has 0 atom stereocenters. The van der Waals surface area contributed by atoms with Gasteiger partial charge in [0.25, 0.3) is 0 Å². The molecule has 0 aliphatic heterocycles. The van der Waals surface area contributed by atoms with Gasteiger partial charge in [-0.05, 0) is 66.4 Å². The Bertz CT molecular complexity index is 1740. The second-order valence-electron chi connectivity index (χ2n) is 10.2. The minimum Gasteiger partial charge on any atom is -0.309 e. The fraction of sp³-hybridized carbons (Fsp3) is 0.179. The van der Waals surface area contributed by atoms with Crippen LogP contribution in [-0.2, 0) is 5.41 Å². The number of anilines is 2. The molecule has 0 amide bonds. The first-order valence-electron chi connectivity index (χ1n) is 14.4. The Kier molecular flexibility index (Phi) is 9.47. The van der Waals surface area contributed by atoms with E-state index >= 15 is 0 Å². The fourth-order valence-corrected chi connectivity index (χ4v) is 6.85. The van der Waals surface area contributed by atoms with Crippen LogP contribution in [0.25, 0.3) is 31.3 Å². The molecule has 1 aliphatic carbocycles. The van der Waals surface area contributed by atoms with Gasteiger partial charge in [0.2, 0.25) is 0 Å².